The van der Waals surface area contributed by atoms with Crippen molar-refractivity contribution in [3.8, 4) is 5.75 Å². The zero-order chi connectivity index (χ0) is 34.5. The van der Waals surface area contributed by atoms with Gasteiger partial charge in [0, 0.05) is 13.0 Å². The maximum atomic E-state index is 13.6. The molecular formula is C16H19N3O5S. The molecule has 8 nitrogen and oxygen atoms in total. The fourth-order valence-corrected chi connectivity index (χ4v) is 3.06. The monoisotopic (exact) mass is 384 g/mol. The second kappa shape index (κ2) is 5.92. The Balaban J connectivity index is 2.33. The van der Waals surface area contributed by atoms with Gasteiger partial charge in [-0.2, -0.15) is 0 Å². The second-order valence-corrected chi connectivity index (χ2v) is 5.89. The summed E-state index contributed by atoms with van der Waals surface area (Å²) in [5.41, 5.74) is -2.29. The van der Waals surface area contributed by atoms with Crippen LogP contribution in [0.4, 0.5) is 0 Å². The number of carbonyl (C=O) groups is 3. The number of phenolic OH excluding ortho intramolecular Hbond substituents is 1. The van der Waals surface area contributed by atoms with Crippen LogP contribution in [0.15, 0.2) is 24.2 Å². The van der Waals surface area contributed by atoms with Gasteiger partial charge < -0.3 is 26.1 Å². The molecule has 25 heavy (non-hydrogen) atoms. The van der Waals surface area contributed by atoms with Gasteiger partial charge in [0.05, 0.1) is 11.0 Å². The first kappa shape index (κ1) is 5.62. The lowest BCUT2D eigenvalue weighted by Gasteiger charge is -2.43. The molecule has 0 aromatic heterocycles. The number of nitrogens with two attached hydrogens (primary N) is 1. The third kappa shape index (κ3) is 2.83. The predicted octanol–water partition coefficient (Wildman–Crippen LogP) is 0.0237. The molecule has 134 valence electrons. The number of carbonyl (C=O) groups excluding carboxylic acids is 2. The van der Waals surface area contributed by atoms with Gasteiger partial charge in [-0.15, -0.1) is 11.8 Å². The third-order valence-corrected chi connectivity index (χ3v) is 4.14. The fourth-order valence-electron chi connectivity index (χ4n) is 2.00. The van der Waals surface area contributed by atoms with Gasteiger partial charge in [-0.05, 0) is 31.4 Å². The number of nitrogens with zero attached hydrogens (tertiary/aromatic N) is 1. The average Bonchev–Trinajstić information content (AvgIpc) is 3.14. The number of benzene rings is 1. The number of aliphatic carboxylic acids is 1. The van der Waals surface area contributed by atoms with Gasteiger partial charge in [0.1, 0.15) is 32.0 Å². The van der Waals surface area contributed by atoms with E-state index in [2.05, 4.69) is 10.2 Å². The highest BCUT2D eigenvalue weighted by atomic mass is 32.2. The second-order valence-electron chi connectivity index (χ2n) is 4.68. The summed E-state index contributed by atoms with van der Waals surface area (Å²) < 4.78 is 148. The van der Waals surface area contributed by atoms with E-state index in [1.165, 1.54) is 0 Å². The zero-order valence-electron chi connectivity index (χ0n) is 30.8. The van der Waals surface area contributed by atoms with Crippen molar-refractivity contribution < 1.29 is 48.0 Å². The highest BCUT2D eigenvalue weighted by Gasteiger charge is 2.64. The smallest absolute Gasteiger partial charge is 0.327 e. The largest absolute Gasteiger partial charge is 0.508 e. The number of fused-ring (bicyclic) bond motifs is 1. The molecule has 0 bridgehead atoms. The van der Waals surface area contributed by atoms with Gasteiger partial charge in [-0.25, -0.2) is 4.79 Å². The van der Waals surface area contributed by atoms with Crippen molar-refractivity contribution in [2.24, 2.45) is 5.72 Å². The third-order valence-electron chi connectivity index (χ3n) is 3.07. The molecule has 9 heteroatoms. The van der Waals surface area contributed by atoms with Crippen LogP contribution in [0.5, 0.6) is 5.75 Å². The number of hydrogen-bond acceptors (Lipinski definition) is 7. The minimum absolute atomic E-state index is 0.400. The molecule has 2 aliphatic rings. The number of nitrogens with one attached hydrogen (secondary N) is 1. The van der Waals surface area contributed by atoms with Gasteiger partial charge >= 0.3 is 5.97 Å². The minimum atomic E-state index is -3.99. The molecule has 4 atom stereocenters. The molecule has 0 spiro atoms. The zero-order valence-corrected chi connectivity index (χ0v) is 12.6. The van der Waals surface area contributed by atoms with E-state index in [1.54, 1.807) is 0 Å². The summed E-state index contributed by atoms with van der Waals surface area (Å²) in [6.45, 7) is -7.98. The van der Waals surface area contributed by atoms with E-state index in [0.717, 1.165) is 0 Å². The highest BCUT2D eigenvalue weighted by Crippen LogP contribution is 2.50. The Kier molecular flexibility index (Phi) is 1.33. The van der Waals surface area contributed by atoms with Crippen LogP contribution in [0, 0.1) is 0 Å². The lowest BCUT2D eigenvalue weighted by Crippen LogP contribution is -2.71. The summed E-state index contributed by atoms with van der Waals surface area (Å²) in [4.78, 5) is 39.4. The molecule has 1 aromatic carbocycles. The number of thioether (sulfide) groups is 1. The van der Waals surface area contributed by atoms with Crippen LogP contribution in [-0.4, -0.2) is 56.5 Å². The summed E-state index contributed by atoms with van der Waals surface area (Å²) in [5.74, 6) is -7.84. The molecule has 0 unspecified atom stereocenters. The maximum Gasteiger partial charge on any atom is 0.327 e. The van der Waals surface area contributed by atoms with Crippen molar-refractivity contribution in [1.29, 1.82) is 2.86 Å². The first-order valence-corrected chi connectivity index (χ1v) is 7.09. The number of carboxylic acids is 1. The van der Waals surface area contributed by atoms with E-state index in [4.69, 9.17) is 26.3 Å². The minimum Gasteiger partial charge on any atom is -0.508 e. The van der Waals surface area contributed by atoms with Gasteiger partial charge in [0.15, 0.2) is 1.41 Å². The van der Waals surface area contributed by atoms with Crippen molar-refractivity contribution in [1.82, 2.24) is 10.2 Å². The predicted molar refractivity (Wildman–Crippen MR) is 90.7 cm³/mol. The number of β-lactam (4-membered cyclic amide) rings is 1. The molecule has 0 radical (unpaired) electrons. The van der Waals surface area contributed by atoms with Crippen molar-refractivity contribution in [3.63, 3.8) is 0 Å². The summed E-state index contributed by atoms with van der Waals surface area (Å²) in [6.07, 6.45) is 0. The van der Waals surface area contributed by atoms with E-state index in [1.807, 2.05) is 0 Å². The summed E-state index contributed by atoms with van der Waals surface area (Å²) >= 11 is -0.704. The molecule has 2 heterocycles. The van der Waals surface area contributed by atoms with Gasteiger partial charge in [-0.1, -0.05) is 12.1 Å². The summed E-state index contributed by atoms with van der Waals surface area (Å²) in [6, 6.07) is -16.8. The van der Waals surface area contributed by atoms with Crippen LogP contribution < -0.4 is 11.0 Å². The van der Waals surface area contributed by atoms with E-state index >= 15 is 0 Å². The van der Waals surface area contributed by atoms with E-state index in [9.17, 15) is 14.4 Å². The van der Waals surface area contributed by atoms with E-state index in [0.29, 0.717) is 0 Å². The quantitative estimate of drug-likeness (QED) is 0.508. The van der Waals surface area contributed by atoms with Gasteiger partial charge in [0.25, 0.3) is 2.86 Å². The Morgan fingerprint density at radius 3 is 3.00 bits per heavy atom. The van der Waals surface area contributed by atoms with Crippen molar-refractivity contribution in [2.75, 3.05) is 0 Å². The van der Waals surface area contributed by atoms with Crippen molar-refractivity contribution >= 4 is 29.5 Å². The van der Waals surface area contributed by atoms with Crippen LogP contribution in [0.1, 0.15) is 44.5 Å². The number of carboxylic acid groups (broad SMARTS) is 1. The normalized spacial score (nSPS) is 49.9. The van der Waals surface area contributed by atoms with Crippen LogP contribution >= 0.6 is 11.8 Å². The Morgan fingerprint density at radius 2 is 2.40 bits per heavy atom. The molecular weight excluding hydrogens is 346 g/mol. The molecule has 0 aliphatic carbocycles. The van der Waals surface area contributed by atoms with Gasteiger partial charge in [-0.3, -0.25) is 9.59 Å². The van der Waals surface area contributed by atoms with Crippen LogP contribution in [0.3, 0.4) is 0 Å². The number of amides is 2. The molecule has 2 aliphatic heterocycles. The SMILES string of the molecule is [2H]OC(=O)[C@]1([2H])N2C(=O)[C@@]([2H])(N([2H])C(=O)[C@@]([2H])(c3c([2H])c([2H])c(O[2H])c([2H])c3[2H])N([2H])[2H])[C@@]2([2H])SC1(C([2H])([2H])[2H])C([2H])([2H])[2H]. The molecule has 1 aromatic rings. The first-order chi connectivity index (χ1) is 19.7. The lowest BCUT2D eigenvalue weighted by atomic mass is 9.95. The Bertz CT molecular complexity index is 1400. The molecule has 2 saturated heterocycles. The summed E-state index contributed by atoms with van der Waals surface area (Å²) in [5, 5.41) is 3.22. The lowest BCUT2D eigenvalue weighted by molar-refractivity contribution is -0.161. The first-order valence-electron chi connectivity index (χ1n) is 15.4. The van der Waals surface area contributed by atoms with Crippen molar-refractivity contribution in [2.45, 2.75) is 41.9 Å². The molecule has 2 amide bonds. The number of aromatic hydroxyl groups is 1. The van der Waals surface area contributed by atoms with Crippen LogP contribution in [0.2, 0.25) is 4.24 Å². The molecule has 3 rings (SSSR count). The fraction of sp³-hybridized carbons (Fsp3) is 0.438. The molecule has 2 fully saturated rings. The van der Waals surface area contributed by atoms with E-state index in [-0.39, 0.29) is 0 Å². The highest BCUT2D eigenvalue weighted by molar-refractivity contribution is 8.01. The molecule has 5 N–H and O–H groups in total. The topological polar surface area (TPSA) is 133 Å². The number of phenols is 1. The number of rotatable bonds is 6. The molecule has 0 saturated carbocycles. The Labute approximate surface area is 175 Å². The van der Waals surface area contributed by atoms with Crippen molar-refractivity contribution in [3.05, 3.63) is 29.7 Å². The number of hydrogen-bond donors (Lipinski definition) is 4. The Morgan fingerprint density at radius 1 is 1.64 bits per heavy atom. The maximum absolute atomic E-state index is 13.6. The standard InChI is InChI=1S/C16H19N3O5S/c1-16(2)11(15(23)24)19-13(22)10(14(19)25-16)18-12(21)9(17)7-3-5-8(20)6-4-7/h3-6,9-11,14,20H,17H2,1-2H3,(H,18,21)(H,23,24)/t9-,10-,11+,14-/m1/s1/i1D3,2D3,3D,4D,5D,6D,9D,10D,11D,14D/hD5. The van der Waals surface area contributed by atoms with E-state index < -0.39 is 123 Å². The average molecular weight is 385 g/mol. The summed E-state index contributed by atoms with van der Waals surface area (Å²) in [7, 11) is 0. The van der Waals surface area contributed by atoms with Gasteiger partial charge in [0.2, 0.25) is 11.8 Å². The van der Waals surface area contributed by atoms with Crippen LogP contribution in [-0.2, 0) is 14.4 Å². The Hall–Kier alpha value is -2.26. The van der Waals surface area contributed by atoms with Crippen LogP contribution in [0.25, 0.3) is 1.43 Å².